The number of thiophene rings is 1. The lowest BCUT2D eigenvalue weighted by molar-refractivity contribution is 0.00501. The molecule has 2 aromatic rings. The van der Waals surface area contributed by atoms with Crippen molar-refractivity contribution in [1.29, 1.82) is 0 Å². The molecule has 1 aromatic carbocycles. The average molecular weight is 303 g/mol. The Bertz CT molecular complexity index is 592. The molecule has 1 N–H and O–H groups in total. The van der Waals surface area contributed by atoms with Crippen LogP contribution < -0.4 is 5.32 Å². The van der Waals surface area contributed by atoms with Crippen LogP contribution in [0.15, 0.2) is 24.3 Å². The first kappa shape index (κ1) is 15.0. The van der Waals surface area contributed by atoms with Gasteiger partial charge in [0.25, 0.3) is 0 Å². The van der Waals surface area contributed by atoms with Crippen molar-refractivity contribution in [2.24, 2.45) is 5.92 Å². The van der Waals surface area contributed by atoms with Gasteiger partial charge in [-0.25, -0.2) is 0 Å². The van der Waals surface area contributed by atoms with Crippen LogP contribution in [0.1, 0.15) is 43.0 Å². The van der Waals surface area contributed by atoms with E-state index < -0.39 is 0 Å². The second-order valence-electron chi connectivity index (χ2n) is 6.24. The van der Waals surface area contributed by atoms with Crippen LogP contribution in [0.2, 0.25) is 0 Å². The standard InChI is InChI=1S/C18H25NOS/c1-13-6-5-7-14(10-13)20-12-16-15-8-3-4-9-17(15)21-18(16)11-19-2/h3-4,8-9,13-14,19H,5-7,10-12H2,1-2H3. The zero-order valence-corrected chi connectivity index (χ0v) is 13.8. The highest BCUT2D eigenvalue weighted by Gasteiger charge is 2.20. The van der Waals surface area contributed by atoms with Gasteiger partial charge in [0, 0.05) is 21.7 Å². The number of benzene rings is 1. The van der Waals surface area contributed by atoms with Gasteiger partial charge in [0.15, 0.2) is 0 Å². The zero-order chi connectivity index (χ0) is 14.7. The van der Waals surface area contributed by atoms with E-state index >= 15 is 0 Å². The summed E-state index contributed by atoms with van der Waals surface area (Å²) in [5.74, 6) is 0.819. The summed E-state index contributed by atoms with van der Waals surface area (Å²) in [7, 11) is 2.01. The Labute approximate surface area is 131 Å². The molecule has 1 aliphatic rings. The molecule has 21 heavy (non-hydrogen) atoms. The molecule has 1 aliphatic carbocycles. The van der Waals surface area contributed by atoms with E-state index in [2.05, 4.69) is 36.5 Å². The maximum atomic E-state index is 6.27. The highest BCUT2D eigenvalue weighted by molar-refractivity contribution is 7.19. The highest BCUT2D eigenvalue weighted by atomic mass is 32.1. The van der Waals surface area contributed by atoms with Gasteiger partial charge in [-0.3, -0.25) is 0 Å². The van der Waals surface area contributed by atoms with E-state index in [1.807, 2.05) is 18.4 Å². The van der Waals surface area contributed by atoms with Crippen molar-refractivity contribution in [3.05, 3.63) is 34.7 Å². The molecule has 114 valence electrons. The minimum atomic E-state index is 0.454. The van der Waals surface area contributed by atoms with Crippen molar-refractivity contribution < 1.29 is 4.74 Å². The van der Waals surface area contributed by atoms with Gasteiger partial charge in [0.2, 0.25) is 0 Å². The zero-order valence-electron chi connectivity index (χ0n) is 13.0. The number of nitrogens with one attached hydrogen (secondary N) is 1. The van der Waals surface area contributed by atoms with Crippen LogP contribution >= 0.6 is 11.3 Å². The van der Waals surface area contributed by atoms with Gasteiger partial charge in [-0.05, 0) is 37.3 Å². The molecule has 0 spiro atoms. The number of rotatable bonds is 5. The predicted molar refractivity (Wildman–Crippen MR) is 90.8 cm³/mol. The van der Waals surface area contributed by atoms with Crippen LogP contribution in [0.5, 0.6) is 0 Å². The highest BCUT2D eigenvalue weighted by Crippen LogP contribution is 2.33. The summed E-state index contributed by atoms with van der Waals surface area (Å²) in [6.07, 6.45) is 5.60. The van der Waals surface area contributed by atoms with E-state index in [4.69, 9.17) is 4.74 Å². The quantitative estimate of drug-likeness (QED) is 0.863. The first-order chi connectivity index (χ1) is 10.3. The molecule has 0 saturated heterocycles. The number of fused-ring (bicyclic) bond motifs is 1. The Morgan fingerprint density at radius 3 is 2.95 bits per heavy atom. The SMILES string of the molecule is CNCc1sc2ccccc2c1COC1CCCC(C)C1. The Balaban J connectivity index is 1.77. The molecule has 0 aliphatic heterocycles. The lowest BCUT2D eigenvalue weighted by Gasteiger charge is -2.27. The van der Waals surface area contributed by atoms with Gasteiger partial charge in [0.1, 0.15) is 0 Å². The van der Waals surface area contributed by atoms with Crippen molar-refractivity contribution in [1.82, 2.24) is 5.32 Å². The molecule has 2 nitrogen and oxygen atoms in total. The van der Waals surface area contributed by atoms with Crippen molar-refractivity contribution in [3.8, 4) is 0 Å². The molecule has 1 fully saturated rings. The first-order valence-corrected chi connectivity index (χ1v) is 8.85. The average Bonchev–Trinajstić information content (AvgIpc) is 2.83. The van der Waals surface area contributed by atoms with Crippen LogP contribution in [-0.2, 0) is 17.9 Å². The van der Waals surface area contributed by atoms with Crippen LogP contribution in [-0.4, -0.2) is 13.2 Å². The molecule has 1 aromatic heterocycles. The Hall–Kier alpha value is -0.900. The summed E-state index contributed by atoms with van der Waals surface area (Å²) >= 11 is 1.89. The number of hydrogen-bond donors (Lipinski definition) is 1. The van der Waals surface area contributed by atoms with Gasteiger partial charge in [-0.1, -0.05) is 38.0 Å². The van der Waals surface area contributed by atoms with Gasteiger partial charge in [-0.2, -0.15) is 0 Å². The fourth-order valence-electron chi connectivity index (χ4n) is 3.34. The fraction of sp³-hybridized carbons (Fsp3) is 0.556. The van der Waals surface area contributed by atoms with Crippen molar-refractivity contribution in [3.63, 3.8) is 0 Å². The van der Waals surface area contributed by atoms with Crippen LogP contribution in [0, 0.1) is 5.92 Å². The molecule has 0 amide bonds. The molecule has 1 heterocycles. The van der Waals surface area contributed by atoms with Crippen molar-refractivity contribution in [2.75, 3.05) is 7.05 Å². The van der Waals surface area contributed by atoms with E-state index in [1.54, 1.807) is 0 Å². The predicted octanol–water partition coefficient (Wildman–Crippen LogP) is 4.72. The fourth-order valence-corrected chi connectivity index (χ4v) is 4.56. The summed E-state index contributed by atoms with van der Waals surface area (Å²) < 4.78 is 7.65. The lowest BCUT2D eigenvalue weighted by Crippen LogP contribution is -2.21. The molecule has 3 rings (SSSR count). The molecule has 0 bridgehead atoms. The maximum absolute atomic E-state index is 6.27. The van der Waals surface area contributed by atoms with E-state index in [9.17, 15) is 0 Å². The molecular weight excluding hydrogens is 278 g/mol. The lowest BCUT2D eigenvalue weighted by atomic mass is 9.89. The normalized spacial score (nSPS) is 22.8. The van der Waals surface area contributed by atoms with E-state index in [0.717, 1.165) is 19.1 Å². The van der Waals surface area contributed by atoms with Crippen molar-refractivity contribution in [2.45, 2.75) is 51.9 Å². The molecule has 0 radical (unpaired) electrons. The third kappa shape index (κ3) is 3.47. The summed E-state index contributed by atoms with van der Waals surface area (Å²) in [5, 5.41) is 4.66. The van der Waals surface area contributed by atoms with Crippen LogP contribution in [0.25, 0.3) is 10.1 Å². The summed E-state index contributed by atoms with van der Waals surface area (Å²) in [5.41, 5.74) is 1.39. The molecule has 2 atom stereocenters. The largest absolute Gasteiger partial charge is 0.373 e. The smallest absolute Gasteiger partial charge is 0.0738 e. The first-order valence-electron chi connectivity index (χ1n) is 8.03. The molecular formula is C18H25NOS. The van der Waals surface area contributed by atoms with E-state index in [0.29, 0.717) is 6.10 Å². The van der Waals surface area contributed by atoms with Crippen molar-refractivity contribution >= 4 is 21.4 Å². The second-order valence-corrected chi connectivity index (χ2v) is 7.37. The Morgan fingerprint density at radius 2 is 2.14 bits per heavy atom. The van der Waals surface area contributed by atoms with Gasteiger partial charge in [-0.15, -0.1) is 11.3 Å². The molecule has 2 unspecified atom stereocenters. The third-order valence-corrected chi connectivity index (χ3v) is 5.68. The third-order valence-electron chi connectivity index (χ3n) is 4.47. The van der Waals surface area contributed by atoms with Crippen LogP contribution in [0.3, 0.4) is 0 Å². The summed E-state index contributed by atoms with van der Waals surface area (Å²) in [4.78, 5) is 1.42. The van der Waals surface area contributed by atoms with E-state index in [-0.39, 0.29) is 0 Å². The number of ether oxygens (including phenoxy) is 1. The summed E-state index contributed by atoms with van der Waals surface area (Å²) in [6.45, 7) is 4.04. The maximum Gasteiger partial charge on any atom is 0.0738 e. The summed E-state index contributed by atoms with van der Waals surface area (Å²) in [6, 6.07) is 8.69. The Kier molecular flexibility index (Phi) is 4.94. The minimum Gasteiger partial charge on any atom is -0.373 e. The molecule has 3 heteroatoms. The number of hydrogen-bond acceptors (Lipinski definition) is 3. The van der Waals surface area contributed by atoms with Gasteiger partial charge < -0.3 is 10.1 Å². The Morgan fingerprint density at radius 1 is 1.29 bits per heavy atom. The second kappa shape index (κ2) is 6.91. The van der Waals surface area contributed by atoms with E-state index in [1.165, 1.54) is 46.2 Å². The monoisotopic (exact) mass is 303 g/mol. The van der Waals surface area contributed by atoms with Gasteiger partial charge >= 0.3 is 0 Å². The minimum absolute atomic E-state index is 0.454. The molecule has 1 saturated carbocycles. The topological polar surface area (TPSA) is 21.3 Å². The van der Waals surface area contributed by atoms with Crippen LogP contribution in [0.4, 0.5) is 0 Å². The van der Waals surface area contributed by atoms with Gasteiger partial charge in [0.05, 0.1) is 12.7 Å².